The maximum Gasteiger partial charge on any atom is 0.0879 e. The molecule has 0 amide bonds. The van der Waals surface area contributed by atoms with E-state index in [0.717, 1.165) is 19.3 Å². The van der Waals surface area contributed by atoms with Crippen LogP contribution in [-0.2, 0) is 11.3 Å². The molecule has 0 heterocycles. The van der Waals surface area contributed by atoms with Crippen LogP contribution in [0.5, 0.6) is 0 Å². The summed E-state index contributed by atoms with van der Waals surface area (Å²) in [5, 5.41) is 9.20. The first-order valence-corrected chi connectivity index (χ1v) is 7.84. The van der Waals surface area contributed by atoms with Crippen LogP contribution in [0.2, 0.25) is 0 Å². The molecular weight excluding hydrogens is 260 g/mol. The average Bonchev–Trinajstić information content (AvgIpc) is 2.52. The van der Waals surface area contributed by atoms with Gasteiger partial charge in [0.05, 0.1) is 12.2 Å². The van der Waals surface area contributed by atoms with Crippen LogP contribution in [0.25, 0.3) is 0 Å². The van der Waals surface area contributed by atoms with Gasteiger partial charge in [-0.2, -0.15) is 0 Å². The molecule has 2 nitrogen and oxygen atoms in total. The van der Waals surface area contributed by atoms with Crippen LogP contribution in [0.3, 0.4) is 0 Å². The first-order chi connectivity index (χ1) is 10.2. The van der Waals surface area contributed by atoms with E-state index in [-0.39, 0.29) is 12.2 Å². The molecular formula is C19H26O2. The van der Waals surface area contributed by atoms with Crippen LogP contribution < -0.4 is 0 Å². The maximum absolute atomic E-state index is 9.20. The number of hydrogen-bond donors (Lipinski definition) is 1. The molecule has 1 aliphatic carbocycles. The van der Waals surface area contributed by atoms with Crippen molar-refractivity contribution in [3.63, 3.8) is 0 Å². The highest BCUT2D eigenvalue weighted by molar-refractivity contribution is 5.27. The van der Waals surface area contributed by atoms with Gasteiger partial charge in [0.25, 0.3) is 0 Å². The molecule has 0 spiro atoms. The van der Waals surface area contributed by atoms with Crippen molar-refractivity contribution in [3.05, 3.63) is 59.7 Å². The first kappa shape index (κ1) is 16.0. The summed E-state index contributed by atoms with van der Waals surface area (Å²) in [5.74, 6) is 0.458. The highest BCUT2D eigenvalue weighted by Crippen LogP contribution is 2.33. The smallest absolute Gasteiger partial charge is 0.0879 e. The molecule has 0 saturated heterocycles. The predicted octanol–water partition coefficient (Wildman–Crippen LogP) is 4.26. The van der Waals surface area contributed by atoms with Crippen molar-refractivity contribution in [1.29, 1.82) is 0 Å². The Morgan fingerprint density at radius 2 is 2.05 bits per heavy atom. The van der Waals surface area contributed by atoms with Crippen LogP contribution in [-0.4, -0.2) is 17.3 Å². The van der Waals surface area contributed by atoms with E-state index >= 15 is 0 Å². The summed E-state index contributed by atoms with van der Waals surface area (Å²) in [6, 6.07) is 10.3. The van der Waals surface area contributed by atoms with E-state index in [1.54, 1.807) is 0 Å². The molecule has 21 heavy (non-hydrogen) atoms. The number of allylic oxidation sites excluding steroid dienone is 2. The van der Waals surface area contributed by atoms with Gasteiger partial charge in [0.15, 0.2) is 0 Å². The number of rotatable bonds is 7. The first-order valence-electron chi connectivity index (χ1n) is 7.84. The summed E-state index contributed by atoms with van der Waals surface area (Å²) in [5.41, 5.74) is 2.35. The Bertz CT molecular complexity index is 490. The molecule has 2 heteroatoms. The molecule has 0 saturated carbocycles. The van der Waals surface area contributed by atoms with Crippen molar-refractivity contribution in [2.75, 3.05) is 6.61 Å². The third-order valence-corrected chi connectivity index (χ3v) is 4.22. The minimum Gasteiger partial charge on any atom is -0.396 e. The van der Waals surface area contributed by atoms with Gasteiger partial charge >= 0.3 is 0 Å². The Morgan fingerprint density at radius 3 is 2.71 bits per heavy atom. The van der Waals surface area contributed by atoms with Crippen molar-refractivity contribution in [2.24, 2.45) is 5.92 Å². The highest BCUT2D eigenvalue weighted by Gasteiger charge is 2.28. The van der Waals surface area contributed by atoms with E-state index in [9.17, 15) is 5.11 Å². The summed E-state index contributed by atoms with van der Waals surface area (Å²) >= 11 is 0. The largest absolute Gasteiger partial charge is 0.396 e. The van der Waals surface area contributed by atoms with E-state index < -0.39 is 0 Å². The van der Waals surface area contributed by atoms with Crippen molar-refractivity contribution >= 4 is 0 Å². The van der Waals surface area contributed by atoms with Gasteiger partial charge in [0.2, 0.25) is 0 Å². The summed E-state index contributed by atoms with van der Waals surface area (Å²) in [6.07, 6.45) is 9.25. The molecule has 1 N–H and O–H groups in total. The van der Waals surface area contributed by atoms with Gasteiger partial charge in [-0.05, 0) is 31.2 Å². The molecule has 2 atom stereocenters. The molecule has 0 aromatic heterocycles. The molecule has 0 fully saturated rings. The lowest BCUT2D eigenvalue weighted by molar-refractivity contribution is -0.00902. The van der Waals surface area contributed by atoms with Gasteiger partial charge in [0, 0.05) is 13.0 Å². The molecule has 1 aromatic carbocycles. The maximum atomic E-state index is 9.20. The third-order valence-electron chi connectivity index (χ3n) is 4.22. The SMILES string of the molecule is CC[C@H](CCO)C1=CC=CC(C)(OCc2ccccc2)C1. The Kier molecular flexibility index (Phi) is 5.77. The summed E-state index contributed by atoms with van der Waals surface area (Å²) in [6.45, 7) is 5.21. The van der Waals surface area contributed by atoms with Crippen molar-refractivity contribution in [1.82, 2.24) is 0 Å². The van der Waals surface area contributed by atoms with E-state index in [0.29, 0.717) is 12.5 Å². The second-order valence-corrected chi connectivity index (χ2v) is 5.98. The zero-order valence-electron chi connectivity index (χ0n) is 13.1. The lowest BCUT2D eigenvalue weighted by Crippen LogP contribution is -2.30. The van der Waals surface area contributed by atoms with Gasteiger partial charge < -0.3 is 9.84 Å². The summed E-state index contributed by atoms with van der Waals surface area (Å²) < 4.78 is 6.17. The zero-order valence-corrected chi connectivity index (χ0v) is 13.1. The normalized spacial score (nSPS) is 22.9. The number of hydrogen-bond acceptors (Lipinski definition) is 2. The minimum absolute atomic E-state index is 0.247. The lowest BCUT2D eigenvalue weighted by atomic mass is 9.82. The van der Waals surface area contributed by atoms with Crippen LogP contribution >= 0.6 is 0 Å². The third kappa shape index (κ3) is 4.55. The molecule has 1 aliphatic rings. The standard InChI is InChI=1S/C19H26O2/c1-3-17(11-13-20)18-10-7-12-19(2,14-18)21-15-16-8-5-4-6-9-16/h4-10,12,17,20H,3,11,13-15H2,1-2H3/t17-,19?/m1/s1. The Morgan fingerprint density at radius 1 is 1.29 bits per heavy atom. The Balaban J connectivity index is 1.97. The Hall–Kier alpha value is -1.38. The number of aliphatic hydroxyl groups is 1. The quantitative estimate of drug-likeness (QED) is 0.811. The van der Waals surface area contributed by atoms with E-state index in [4.69, 9.17) is 4.74 Å². The fraction of sp³-hybridized carbons (Fsp3) is 0.474. The predicted molar refractivity (Wildman–Crippen MR) is 87.0 cm³/mol. The summed E-state index contributed by atoms with van der Waals surface area (Å²) in [4.78, 5) is 0. The second-order valence-electron chi connectivity index (χ2n) is 5.98. The molecule has 0 bridgehead atoms. The second kappa shape index (κ2) is 7.58. The zero-order chi connectivity index (χ0) is 15.1. The number of benzene rings is 1. The van der Waals surface area contributed by atoms with E-state index in [1.165, 1.54) is 11.1 Å². The average molecular weight is 286 g/mol. The van der Waals surface area contributed by atoms with Gasteiger partial charge in [-0.1, -0.05) is 61.1 Å². The van der Waals surface area contributed by atoms with Crippen molar-refractivity contribution in [3.8, 4) is 0 Å². The molecule has 0 aliphatic heterocycles. The van der Waals surface area contributed by atoms with Gasteiger partial charge in [-0.3, -0.25) is 0 Å². The lowest BCUT2D eigenvalue weighted by Gasteiger charge is -2.33. The van der Waals surface area contributed by atoms with Crippen LogP contribution in [0.1, 0.15) is 38.7 Å². The van der Waals surface area contributed by atoms with Crippen molar-refractivity contribution in [2.45, 2.75) is 45.3 Å². The van der Waals surface area contributed by atoms with E-state index in [1.807, 2.05) is 18.2 Å². The summed E-state index contributed by atoms with van der Waals surface area (Å²) in [7, 11) is 0. The van der Waals surface area contributed by atoms with Gasteiger partial charge in [-0.15, -0.1) is 0 Å². The molecule has 114 valence electrons. The fourth-order valence-corrected chi connectivity index (χ4v) is 2.91. The van der Waals surface area contributed by atoms with Gasteiger partial charge in [0.1, 0.15) is 0 Å². The fourth-order valence-electron chi connectivity index (χ4n) is 2.91. The van der Waals surface area contributed by atoms with Crippen LogP contribution in [0, 0.1) is 5.92 Å². The van der Waals surface area contributed by atoms with Crippen LogP contribution in [0.4, 0.5) is 0 Å². The molecule has 0 radical (unpaired) electrons. The number of ether oxygens (including phenoxy) is 1. The topological polar surface area (TPSA) is 29.5 Å². The molecule has 2 rings (SSSR count). The van der Waals surface area contributed by atoms with Crippen molar-refractivity contribution < 1.29 is 9.84 Å². The van der Waals surface area contributed by atoms with Gasteiger partial charge in [-0.25, -0.2) is 0 Å². The number of aliphatic hydroxyl groups excluding tert-OH is 1. The monoisotopic (exact) mass is 286 g/mol. The Labute approximate surface area is 128 Å². The minimum atomic E-state index is -0.247. The van der Waals surface area contributed by atoms with E-state index in [2.05, 4.69) is 44.2 Å². The molecule has 1 aromatic rings. The van der Waals surface area contributed by atoms with Crippen LogP contribution in [0.15, 0.2) is 54.1 Å². The highest BCUT2D eigenvalue weighted by atomic mass is 16.5. The molecule has 1 unspecified atom stereocenters.